The number of aliphatic hydroxyl groups is 1. The highest BCUT2D eigenvalue weighted by atomic mass is 16.5. The molecule has 8 heteroatoms. The molecule has 1 amide bonds. The Balaban J connectivity index is 2.03. The van der Waals surface area contributed by atoms with Crippen LogP contribution in [-0.4, -0.2) is 42.7 Å². The average Bonchev–Trinajstić information content (AvgIpc) is 3.16. The number of carbonyl (C=O) groups is 2. The third-order valence-corrected chi connectivity index (χ3v) is 6.64. The maximum atomic E-state index is 13.6. The predicted molar refractivity (Wildman–Crippen MR) is 144 cm³/mol. The molecule has 0 bridgehead atoms. The molecule has 1 atom stereocenters. The lowest BCUT2D eigenvalue weighted by Crippen LogP contribution is -2.29. The van der Waals surface area contributed by atoms with E-state index in [0.717, 1.165) is 11.1 Å². The van der Waals surface area contributed by atoms with Crippen molar-refractivity contribution in [1.82, 2.24) is 0 Å². The first-order valence-electron chi connectivity index (χ1n) is 12.2. The summed E-state index contributed by atoms with van der Waals surface area (Å²) in [7, 11) is 3.07. The minimum absolute atomic E-state index is 0.101. The molecule has 3 aromatic rings. The van der Waals surface area contributed by atoms with Crippen LogP contribution in [0.5, 0.6) is 23.0 Å². The Morgan fingerprint density at radius 3 is 2.26 bits per heavy atom. The second-order valence-electron chi connectivity index (χ2n) is 9.14. The summed E-state index contributed by atoms with van der Waals surface area (Å²) in [6.45, 7) is 7.63. The van der Waals surface area contributed by atoms with E-state index < -0.39 is 17.7 Å². The number of phenolic OH excluding ortho intramolecular Hbond substituents is 1. The van der Waals surface area contributed by atoms with Crippen molar-refractivity contribution in [2.24, 2.45) is 0 Å². The van der Waals surface area contributed by atoms with Crippen molar-refractivity contribution in [3.05, 3.63) is 81.9 Å². The van der Waals surface area contributed by atoms with Crippen molar-refractivity contribution < 1.29 is 34.0 Å². The molecule has 1 heterocycles. The van der Waals surface area contributed by atoms with Crippen LogP contribution < -0.4 is 19.1 Å². The molecule has 8 nitrogen and oxygen atoms in total. The molecule has 38 heavy (non-hydrogen) atoms. The molecular formula is C30H31NO7. The Hall–Kier alpha value is -4.46. The number of Topliss-reactive ketones (excluding diaryl/α,β-unsaturated/α-hetero) is 1. The summed E-state index contributed by atoms with van der Waals surface area (Å²) in [6.07, 6.45) is 0. The van der Waals surface area contributed by atoms with E-state index in [0.29, 0.717) is 40.5 Å². The maximum Gasteiger partial charge on any atom is 0.300 e. The maximum absolute atomic E-state index is 13.6. The topological polar surface area (TPSA) is 106 Å². The molecule has 0 aromatic heterocycles. The summed E-state index contributed by atoms with van der Waals surface area (Å²) in [5.41, 5.74) is 3.16. The van der Waals surface area contributed by atoms with Crippen LogP contribution in [0.15, 0.2) is 54.1 Å². The number of phenols is 1. The molecule has 1 aliphatic heterocycles. The van der Waals surface area contributed by atoms with Crippen molar-refractivity contribution in [2.45, 2.75) is 33.7 Å². The van der Waals surface area contributed by atoms with E-state index in [1.54, 1.807) is 56.5 Å². The number of hydrogen-bond acceptors (Lipinski definition) is 7. The predicted octanol–water partition coefficient (Wildman–Crippen LogP) is 5.36. The molecule has 1 fully saturated rings. The number of methoxy groups -OCH3 is 2. The summed E-state index contributed by atoms with van der Waals surface area (Å²) in [5.74, 6) is -0.686. The van der Waals surface area contributed by atoms with E-state index in [4.69, 9.17) is 14.2 Å². The molecule has 0 aliphatic carbocycles. The van der Waals surface area contributed by atoms with Crippen LogP contribution in [0.1, 0.15) is 40.8 Å². The zero-order valence-corrected chi connectivity index (χ0v) is 22.3. The summed E-state index contributed by atoms with van der Waals surface area (Å²) in [6, 6.07) is 12.3. The van der Waals surface area contributed by atoms with Crippen molar-refractivity contribution in [3.8, 4) is 23.0 Å². The number of aryl methyl sites for hydroxylation is 3. The van der Waals surface area contributed by atoms with Crippen molar-refractivity contribution in [2.75, 3.05) is 25.7 Å². The van der Waals surface area contributed by atoms with Crippen LogP contribution in [0.25, 0.3) is 5.76 Å². The number of benzene rings is 3. The van der Waals surface area contributed by atoms with Crippen molar-refractivity contribution in [3.63, 3.8) is 0 Å². The van der Waals surface area contributed by atoms with Gasteiger partial charge in [0.25, 0.3) is 11.7 Å². The lowest BCUT2D eigenvalue weighted by molar-refractivity contribution is -0.132. The number of hydrogen-bond donors (Lipinski definition) is 2. The molecule has 1 saturated heterocycles. The SMILES string of the molecule is CCOc1cc(C2/C(=C(\O)c3cc(C)c(OC)cc3C)C(=O)C(=O)N2c2cc(C)ccc2O)ccc1OC. The number of nitrogens with zero attached hydrogens (tertiary/aromatic N) is 1. The van der Waals surface area contributed by atoms with Crippen LogP contribution in [0.4, 0.5) is 5.69 Å². The van der Waals surface area contributed by atoms with Gasteiger partial charge in [-0.05, 0) is 86.3 Å². The number of ether oxygens (including phenoxy) is 3. The van der Waals surface area contributed by atoms with Gasteiger partial charge in [0.2, 0.25) is 0 Å². The van der Waals surface area contributed by atoms with Gasteiger partial charge in [-0.2, -0.15) is 0 Å². The van der Waals surface area contributed by atoms with E-state index in [-0.39, 0.29) is 22.8 Å². The zero-order valence-electron chi connectivity index (χ0n) is 22.3. The van der Waals surface area contributed by atoms with E-state index in [1.807, 2.05) is 20.8 Å². The number of aliphatic hydroxyl groups excluding tert-OH is 1. The van der Waals surface area contributed by atoms with E-state index in [2.05, 4.69) is 0 Å². The number of ketones is 1. The van der Waals surface area contributed by atoms with Crippen molar-refractivity contribution >= 4 is 23.1 Å². The fourth-order valence-corrected chi connectivity index (χ4v) is 4.76. The van der Waals surface area contributed by atoms with Gasteiger partial charge in [-0.1, -0.05) is 12.1 Å². The average molecular weight is 518 g/mol. The Morgan fingerprint density at radius 1 is 0.895 bits per heavy atom. The third-order valence-electron chi connectivity index (χ3n) is 6.64. The molecular weight excluding hydrogens is 486 g/mol. The lowest BCUT2D eigenvalue weighted by Gasteiger charge is -2.27. The molecule has 198 valence electrons. The Kier molecular flexibility index (Phi) is 7.35. The molecule has 0 radical (unpaired) electrons. The Morgan fingerprint density at radius 2 is 1.61 bits per heavy atom. The highest BCUT2D eigenvalue weighted by molar-refractivity contribution is 6.52. The largest absolute Gasteiger partial charge is 0.507 e. The molecule has 1 unspecified atom stereocenters. The fraction of sp³-hybridized carbons (Fsp3) is 0.267. The highest BCUT2D eigenvalue weighted by Crippen LogP contribution is 2.47. The standard InChI is InChI=1S/C30H31NO7/c1-7-38-25-15-19(9-11-23(25)36-5)27-26(28(33)20-13-18(4)24(37-6)14-17(20)3)29(34)30(35)31(27)21-12-16(2)8-10-22(21)32/h8-15,27,32-33H,7H2,1-6H3/b28-26+. The molecule has 0 spiro atoms. The van der Waals surface area contributed by atoms with Gasteiger partial charge in [0.15, 0.2) is 11.5 Å². The molecule has 1 aliphatic rings. The quantitative estimate of drug-likeness (QED) is 0.247. The Labute approximate surface area is 221 Å². The monoisotopic (exact) mass is 517 g/mol. The van der Waals surface area contributed by atoms with E-state index in [9.17, 15) is 19.8 Å². The van der Waals surface area contributed by atoms with E-state index >= 15 is 0 Å². The fourth-order valence-electron chi connectivity index (χ4n) is 4.76. The number of anilines is 1. The lowest BCUT2D eigenvalue weighted by atomic mass is 9.92. The minimum Gasteiger partial charge on any atom is -0.507 e. The Bertz CT molecular complexity index is 1460. The van der Waals surface area contributed by atoms with Gasteiger partial charge in [0, 0.05) is 5.56 Å². The van der Waals surface area contributed by atoms with Gasteiger partial charge >= 0.3 is 0 Å². The van der Waals surface area contributed by atoms with Gasteiger partial charge in [-0.15, -0.1) is 0 Å². The second kappa shape index (κ2) is 10.5. The molecule has 4 rings (SSSR count). The van der Waals surface area contributed by atoms with Gasteiger partial charge in [-0.25, -0.2) is 0 Å². The van der Waals surface area contributed by atoms with Gasteiger partial charge in [-0.3, -0.25) is 14.5 Å². The smallest absolute Gasteiger partial charge is 0.300 e. The molecule has 0 saturated carbocycles. The number of carbonyl (C=O) groups excluding carboxylic acids is 2. The van der Waals surface area contributed by atoms with Crippen LogP contribution >= 0.6 is 0 Å². The first-order valence-corrected chi connectivity index (χ1v) is 12.2. The summed E-state index contributed by atoms with van der Waals surface area (Å²) >= 11 is 0. The summed E-state index contributed by atoms with van der Waals surface area (Å²) in [4.78, 5) is 28.3. The van der Waals surface area contributed by atoms with Gasteiger partial charge < -0.3 is 24.4 Å². The molecule has 3 aromatic carbocycles. The van der Waals surface area contributed by atoms with Crippen LogP contribution in [0, 0.1) is 20.8 Å². The number of rotatable bonds is 7. The second-order valence-corrected chi connectivity index (χ2v) is 9.14. The molecule has 2 N–H and O–H groups in total. The normalized spacial score (nSPS) is 16.6. The first-order chi connectivity index (χ1) is 18.1. The van der Waals surface area contributed by atoms with Crippen LogP contribution in [0.3, 0.4) is 0 Å². The third kappa shape index (κ3) is 4.53. The number of amides is 1. The van der Waals surface area contributed by atoms with Crippen LogP contribution in [-0.2, 0) is 9.59 Å². The number of aromatic hydroxyl groups is 1. The zero-order chi connectivity index (χ0) is 27.7. The van der Waals surface area contributed by atoms with Crippen molar-refractivity contribution in [1.29, 1.82) is 0 Å². The van der Waals surface area contributed by atoms with Crippen LogP contribution in [0.2, 0.25) is 0 Å². The van der Waals surface area contributed by atoms with Gasteiger partial charge in [0.05, 0.1) is 38.1 Å². The highest BCUT2D eigenvalue weighted by Gasteiger charge is 2.48. The van der Waals surface area contributed by atoms with Gasteiger partial charge in [0.1, 0.15) is 17.3 Å². The first kappa shape index (κ1) is 26.6. The summed E-state index contributed by atoms with van der Waals surface area (Å²) in [5, 5.41) is 22.3. The summed E-state index contributed by atoms with van der Waals surface area (Å²) < 4.78 is 16.6. The minimum atomic E-state index is -1.05. The van der Waals surface area contributed by atoms with E-state index in [1.165, 1.54) is 18.1 Å².